The van der Waals surface area contributed by atoms with Gasteiger partial charge in [-0.25, -0.2) is 9.97 Å². The molecular weight excluding hydrogens is 270 g/mol. The van der Waals surface area contributed by atoms with E-state index in [-0.39, 0.29) is 23.6 Å². The molecule has 1 aliphatic rings. The first-order valence-corrected chi connectivity index (χ1v) is 6.89. The minimum Gasteiger partial charge on any atom is -0.469 e. The van der Waals surface area contributed by atoms with Gasteiger partial charge < -0.3 is 4.42 Å². The van der Waals surface area contributed by atoms with Gasteiger partial charge in [-0.05, 0) is 12.1 Å². The third-order valence-corrected chi connectivity index (χ3v) is 3.56. The number of aromatic nitrogens is 2. The average molecular weight is 285 g/mol. The van der Waals surface area contributed by atoms with Crippen LogP contribution in [-0.4, -0.2) is 21.7 Å². The molecule has 0 unspecified atom stereocenters. The van der Waals surface area contributed by atoms with Gasteiger partial charge in [-0.1, -0.05) is 6.92 Å². The predicted octanol–water partition coefficient (Wildman–Crippen LogP) is 2.33. The van der Waals surface area contributed by atoms with E-state index in [9.17, 15) is 9.59 Å². The zero-order valence-corrected chi connectivity index (χ0v) is 11.6. The number of amides is 1. The monoisotopic (exact) mass is 285 g/mol. The molecule has 6 heteroatoms. The van der Waals surface area contributed by atoms with E-state index in [1.54, 1.807) is 13.2 Å². The van der Waals surface area contributed by atoms with E-state index >= 15 is 0 Å². The molecule has 0 radical (unpaired) electrons. The molecule has 0 fully saturated rings. The number of ketones is 1. The topological polar surface area (TPSA) is 85.1 Å². The summed E-state index contributed by atoms with van der Waals surface area (Å²) in [7, 11) is 0. The predicted molar refractivity (Wildman–Crippen MR) is 75.1 cm³/mol. The summed E-state index contributed by atoms with van der Waals surface area (Å²) in [5.41, 5.74) is 1.20. The van der Waals surface area contributed by atoms with Crippen molar-refractivity contribution >= 4 is 17.6 Å². The van der Waals surface area contributed by atoms with Crippen LogP contribution >= 0.6 is 0 Å². The number of hydrogen-bond acceptors (Lipinski definition) is 5. The SMILES string of the molecule is CCC(=O)Nc1ncc2c(n1)C[C@H](c1ccco1)CC2=O. The summed E-state index contributed by atoms with van der Waals surface area (Å²) in [4.78, 5) is 31.9. The Morgan fingerprint density at radius 3 is 3.05 bits per heavy atom. The average Bonchev–Trinajstić information content (AvgIpc) is 3.01. The third kappa shape index (κ3) is 2.69. The molecule has 2 aromatic heterocycles. The van der Waals surface area contributed by atoms with E-state index in [1.165, 1.54) is 6.20 Å². The van der Waals surface area contributed by atoms with Gasteiger partial charge in [0, 0.05) is 31.4 Å². The second-order valence-corrected chi connectivity index (χ2v) is 5.00. The standard InChI is InChI=1S/C15H15N3O3/c1-2-14(20)18-15-16-8-10-11(17-15)6-9(7-12(10)19)13-4-3-5-21-13/h3-5,8-9H,2,6-7H2,1H3,(H,16,17,18,20)/t9-/m0/s1. The summed E-state index contributed by atoms with van der Waals surface area (Å²) < 4.78 is 5.38. The van der Waals surface area contributed by atoms with Gasteiger partial charge in [-0.15, -0.1) is 0 Å². The molecular formula is C15H15N3O3. The molecule has 1 amide bonds. The zero-order chi connectivity index (χ0) is 14.8. The molecule has 0 bridgehead atoms. The quantitative estimate of drug-likeness (QED) is 0.935. The Balaban J connectivity index is 1.88. The summed E-state index contributed by atoms with van der Waals surface area (Å²) in [6.45, 7) is 1.75. The third-order valence-electron chi connectivity index (χ3n) is 3.56. The van der Waals surface area contributed by atoms with Gasteiger partial charge in [0.25, 0.3) is 0 Å². The van der Waals surface area contributed by atoms with Gasteiger partial charge >= 0.3 is 0 Å². The normalized spacial score (nSPS) is 17.4. The largest absolute Gasteiger partial charge is 0.469 e. The van der Waals surface area contributed by atoms with Crippen molar-refractivity contribution in [1.82, 2.24) is 9.97 Å². The first kappa shape index (κ1) is 13.5. The maximum Gasteiger partial charge on any atom is 0.229 e. The second-order valence-electron chi connectivity index (χ2n) is 5.00. The van der Waals surface area contributed by atoms with Gasteiger partial charge in [0.1, 0.15) is 5.76 Å². The number of anilines is 1. The molecule has 0 saturated carbocycles. The molecule has 2 aromatic rings. The van der Waals surface area contributed by atoms with Crippen LogP contribution in [-0.2, 0) is 11.2 Å². The number of nitrogens with zero attached hydrogens (tertiary/aromatic N) is 2. The van der Waals surface area contributed by atoms with E-state index in [0.29, 0.717) is 30.5 Å². The van der Waals surface area contributed by atoms with Crippen LogP contribution < -0.4 is 5.32 Å². The van der Waals surface area contributed by atoms with Crippen molar-refractivity contribution in [2.75, 3.05) is 5.32 Å². The van der Waals surface area contributed by atoms with E-state index in [4.69, 9.17) is 4.42 Å². The van der Waals surface area contributed by atoms with E-state index < -0.39 is 0 Å². The number of hydrogen-bond donors (Lipinski definition) is 1. The highest BCUT2D eigenvalue weighted by Gasteiger charge is 2.29. The maximum atomic E-state index is 12.2. The lowest BCUT2D eigenvalue weighted by atomic mass is 9.85. The number of carbonyl (C=O) groups is 2. The van der Waals surface area contributed by atoms with Crippen LogP contribution in [0, 0.1) is 0 Å². The smallest absolute Gasteiger partial charge is 0.229 e. The van der Waals surface area contributed by atoms with E-state index in [2.05, 4.69) is 15.3 Å². The summed E-state index contributed by atoms with van der Waals surface area (Å²) >= 11 is 0. The van der Waals surface area contributed by atoms with Crippen molar-refractivity contribution in [2.24, 2.45) is 0 Å². The molecule has 2 heterocycles. The molecule has 3 rings (SSSR count). The van der Waals surface area contributed by atoms with Crippen LogP contribution in [0.5, 0.6) is 0 Å². The van der Waals surface area contributed by atoms with Gasteiger partial charge in [0.15, 0.2) is 5.78 Å². The fourth-order valence-electron chi connectivity index (χ4n) is 2.44. The molecule has 108 valence electrons. The summed E-state index contributed by atoms with van der Waals surface area (Å²) in [5, 5.41) is 2.61. The minimum atomic E-state index is -0.153. The van der Waals surface area contributed by atoms with Crippen molar-refractivity contribution in [2.45, 2.75) is 32.1 Å². The highest BCUT2D eigenvalue weighted by Crippen LogP contribution is 2.32. The molecule has 0 aromatic carbocycles. The lowest BCUT2D eigenvalue weighted by molar-refractivity contribution is -0.115. The van der Waals surface area contributed by atoms with Crippen LogP contribution in [0.3, 0.4) is 0 Å². The fraction of sp³-hybridized carbons (Fsp3) is 0.333. The van der Waals surface area contributed by atoms with Crippen LogP contribution in [0.25, 0.3) is 0 Å². The van der Waals surface area contributed by atoms with E-state index in [0.717, 1.165) is 5.76 Å². The number of fused-ring (bicyclic) bond motifs is 1. The van der Waals surface area contributed by atoms with Crippen LogP contribution in [0.2, 0.25) is 0 Å². The number of rotatable bonds is 3. The Hall–Kier alpha value is -2.50. The first-order chi connectivity index (χ1) is 10.2. The van der Waals surface area contributed by atoms with Gasteiger partial charge in [0.2, 0.25) is 11.9 Å². The van der Waals surface area contributed by atoms with Crippen LogP contribution in [0.4, 0.5) is 5.95 Å². The molecule has 0 saturated heterocycles. The summed E-state index contributed by atoms with van der Waals surface area (Å²) in [6.07, 6.45) is 4.45. The van der Waals surface area contributed by atoms with Crippen molar-refractivity contribution in [3.63, 3.8) is 0 Å². The number of carbonyl (C=O) groups excluding carboxylic acids is 2. The fourth-order valence-corrected chi connectivity index (χ4v) is 2.44. The summed E-state index contributed by atoms with van der Waals surface area (Å²) in [5.74, 6) is 0.871. The van der Waals surface area contributed by atoms with Crippen molar-refractivity contribution in [3.8, 4) is 0 Å². The molecule has 1 atom stereocenters. The van der Waals surface area contributed by atoms with Crippen molar-refractivity contribution in [1.29, 1.82) is 0 Å². The Bertz CT molecular complexity index is 679. The number of nitrogens with one attached hydrogen (secondary N) is 1. The van der Waals surface area contributed by atoms with E-state index in [1.807, 2.05) is 12.1 Å². The van der Waals surface area contributed by atoms with Crippen LogP contribution in [0.15, 0.2) is 29.0 Å². The van der Waals surface area contributed by atoms with Crippen LogP contribution in [0.1, 0.15) is 47.5 Å². The molecule has 21 heavy (non-hydrogen) atoms. The molecule has 1 aliphatic carbocycles. The lowest BCUT2D eigenvalue weighted by Gasteiger charge is -2.21. The van der Waals surface area contributed by atoms with Gasteiger partial charge in [0.05, 0.1) is 17.5 Å². The van der Waals surface area contributed by atoms with Gasteiger partial charge in [-0.2, -0.15) is 0 Å². The Morgan fingerprint density at radius 2 is 2.33 bits per heavy atom. The molecule has 1 N–H and O–H groups in total. The molecule has 6 nitrogen and oxygen atoms in total. The number of furan rings is 1. The highest BCUT2D eigenvalue weighted by atomic mass is 16.3. The number of Topliss-reactive ketones (excluding diaryl/α,β-unsaturated/α-hetero) is 1. The summed E-state index contributed by atoms with van der Waals surface area (Å²) in [6, 6.07) is 3.67. The molecule has 0 spiro atoms. The minimum absolute atomic E-state index is 0.00557. The Kier molecular flexibility index (Phi) is 3.51. The zero-order valence-electron chi connectivity index (χ0n) is 11.6. The maximum absolute atomic E-state index is 12.2. The Labute approximate surface area is 121 Å². The van der Waals surface area contributed by atoms with Gasteiger partial charge in [-0.3, -0.25) is 14.9 Å². The second kappa shape index (κ2) is 5.47. The van der Waals surface area contributed by atoms with Crippen molar-refractivity contribution in [3.05, 3.63) is 41.6 Å². The lowest BCUT2D eigenvalue weighted by Crippen LogP contribution is -2.22. The molecule has 0 aliphatic heterocycles. The first-order valence-electron chi connectivity index (χ1n) is 6.89. The Morgan fingerprint density at radius 1 is 1.48 bits per heavy atom. The highest BCUT2D eigenvalue weighted by molar-refractivity contribution is 5.98. The van der Waals surface area contributed by atoms with Crippen molar-refractivity contribution < 1.29 is 14.0 Å².